The summed E-state index contributed by atoms with van der Waals surface area (Å²) >= 11 is 1.71. The monoisotopic (exact) mass is 448 g/mol. The second kappa shape index (κ2) is 10.6. The average molecular weight is 449 g/mol. The lowest BCUT2D eigenvalue weighted by Gasteiger charge is -2.27. The van der Waals surface area contributed by atoms with Gasteiger partial charge in [-0.1, -0.05) is 13.3 Å². The van der Waals surface area contributed by atoms with E-state index in [4.69, 9.17) is 19.2 Å². The number of unbranched alkanes of at least 4 members (excludes halogenated alkanes) is 1. The highest BCUT2D eigenvalue weighted by Crippen LogP contribution is 2.41. The molecule has 0 radical (unpaired) electrons. The van der Waals surface area contributed by atoms with Gasteiger partial charge in [0.15, 0.2) is 0 Å². The summed E-state index contributed by atoms with van der Waals surface area (Å²) < 4.78 is 17.7. The summed E-state index contributed by atoms with van der Waals surface area (Å²) in [6.07, 6.45) is 6.54. The molecule has 0 spiro atoms. The van der Waals surface area contributed by atoms with E-state index in [2.05, 4.69) is 12.2 Å². The van der Waals surface area contributed by atoms with E-state index in [-0.39, 0.29) is 0 Å². The van der Waals surface area contributed by atoms with Crippen LogP contribution in [0.25, 0.3) is 10.2 Å². The van der Waals surface area contributed by atoms with Crippen LogP contribution >= 0.6 is 11.3 Å². The minimum atomic E-state index is -0.557. The van der Waals surface area contributed by atoms with Crippen molar-refractivity contribution in [3.63, 3.8) is 0 Å². The fraction of sp³-hybridized carbons (Fsp3) is 0.667. The lowest BCUT2D eigenvalue weighted by Crippen LogP contribution is -2.27. The fourth-order valence-corrected chi connectivity index (χ4v) is 5.06. The topological polar surface area (TPSA) is 69.7 Å². The highest BCUT2D eigenvalue weighted by molar-refractivity contribution is 7.18. The number of benzene rings is 1. The first-order chi connectivity index (χ1) is 14.8. The normalized spacial score (nSPS) is 19.4. The number of aromatic nitrogens is 1. The maximum absolute atomic E-state index is 12.2. The van der Waals surface area contributed by atoms with Crippen LogP contribution in [-0.4, -0.2) is 37.0 Å². The number of nitrogens with zero attached hydrogens (tertiary/aromatic N) is 1. The predicted molar refractivity (Wildman–Crippen MR) is 126 cm³/mol. The summed E-state index contributed by atoms with van der Waals surface area (Å²) in [5, 5.41) is 3.99. The van der Waals surface area contributed by atoms with Crippen molar-refractivity contribution in [3.8, 4) is 5.75 Å². The van der Waals surface area contributed by atoms with Gasteiger partial charge in [0.1, 0.15) is 11.4 Å². The van der Waals surface area contributed by atoms with Crippen LogP contribution in [0.1, 0.15) is 77.1 Å². The van der Waals surface area contributed by atoms with Crippen LogP contribution in [0.2, 0.25) is 0 Å². The molecule has 0 saturated heterocycles. The largest absolute Gasteiger partial charge is 0.494 e. The van der Waals surface area contributed by atoms with Crippen molar-refractivity contribution < 1.29 is 19.0 Å². The Morgan fingerprint density at radius 3 is 2.61 bits per heavy atom. The summed E-state index contributed by atoms with van der Waals surface area (Å²) in [5.41, 5.74) is 0.961. The molecule has 172 valence electrons. The number of carbonyl (C=O) groups is 1. The van der Waals surface area contributed by atoms with E-state index in [1.54, 1.807) is 18.4 Å². The van der Waals surface area contributed by atoms with Gasteiger partial charge in [0.05, 0.1) is 28.0 Å². The first kappa shape index (κ1) is 23.8. The van der Waals surface area contributed by atoms with Crippen LogP contribution in [0.4, 0.5) is 10.5 Å². The standard InChI is InChI=1S/C24H36N2O4S/c1-6-7-12-29-15-16-8-10-17(11-9-16)22-25-19-13-20(28-5)18(14-21(19)31-22)26-23(27)30-24(2,3)4/h13-14,16-17H,6-12,15H2,1-5H3,(H,26,27). The minimum absolute atomic E-state index is 0.491. The number of ether oxygens (including phenoxy) is 3. The van der Waals surface area contributed by atoms with Crippen LogP contribution < -0.4 is 10.1 Å². The molecular formula is C24H36N2O4S. The average Bonchev–Trinajstić information content (AvgIpc) is 3.12. The molecule has 1 aliphatic carbocycles. The molecule has 0 bridgehead atoms. The third-order valence-corrected chi connectivity index (χ3v) is 6.73. The summed E-state index contributed by atoms with van der Waals surface area (Å²) in [5.74, 6) is 1.76. The lowest BCUT2D eigenvalue weighted by atomic mass is 9.83. The van der Waals surface area contributed by atoms with Gasteiger partial charge >= 0.3 is 6.09 Å². The van der Waals surface area contributed by atoms with Crippen LogP contribution in [0.3, 0.4) is 0 Å². The van der Waals surface area contributed by atoms with Gasteiger partial charge in [-0.3, -0.25) is 5.32 Å². The van der Waals surface area contributed by atoms with Crippen molar-refractivity contribution in [2.75, 3.05) is 25.6 Å². The number of nitrogens with one attached hydrogen (secondary N) is 1. The van der Waals surface area contributed by atoms with Gasteiger partial charge in [-0.2, -0.15) is 0 Å². The van der Waals surface area contributed by atoms with E-state index in [1.807, 2.05) is 32.9 Å². The molecule has 2 aromatic rings. The van der Waals surface area contributed by atoms with Crippen molar-refractivity contribution in [1.82, 2.24) is 4.98 Å². The molecule has 1 N–H and O–H groups in total. The molecule has 1 saturated carbocycles. The van der Waals surface area contributed by atoms with Crippen molar-refractivity contribution in [2.24, 2.45) is 5.92 Å². The number of fused-ring (bicyclic) bond motifs is 1. The maximum atomic E-state index is 12.2. The Morgan fingerprint density at radius 1 is 1.23 bits per heavy atom. The Balaban J connectivity index is 1.65. The van der Waals surface area contributed by atoms with Crippen molar-refractivity contribution in [3.05, 3.63) is 17.1 Å². The number of hydrogen-bond donors (Lipinski definition) is 1. The molecule has 1 aromatic heterocycles. The van der Waals surface area contributed by atoms with E-state index < -0.39 is 11.7 Å². The fourth-order valence-electron chi connectivity index (χ4n) is 3.90. The van der Waals surface area contributed by atoms with Crippen molar-refractivity contribution in [2.45, 2.75) is 77.7 Å². The molecule has 1 aromatic carbocycles. The number of thiazole rings is 1. The zero-order valence-electron chi connectivity index (χ0n) is 19.5. The Morgan fingerprint density at radius 2 is 1.97 bits per heavy atom. The van der Waals surface area contributed by atoms with Gasteiger partial charge in [0, 0.05) is 25.2 Å². The number of methoxy groups -OCH3 is 1. The zero-order valence-corrected chi connectivity index (χ0v) is 20.3. The number of hydrogen-bond acceptors (Lipinski definition) is 6. The van der Waals surface area contributed by atoms with Gasteiger partial charge in [0.25, 0.3) is 0 Å². The molecular weight excluding hydrogens is 412 g/mol. The molecule has 0 unspecified atom stereocenters. The Bertz CT molecular complexity index is 866. The quantitative estimate of drug-likeness (QED) is 0.453. The molecule has 31 heavy (non-hydrogen) atoms. The molecule has 1 heterocycles. The van der Waals surface area contributed by atoms with E-state index in [0.717, 1.165) is 42.7 Å². The maximum Gasteiger partial charge on any atom is 0.412 e. The van der Waals surface area contributed by atoms with Crippen LogP contribution in [0, 0.1) is 5.92 Å². The number of rotatable bonds is 8. The molecule has 1 amide bonds. The number of carbonyl (C=O) groups excluding carboxylic acids is 1. The van der Waals surface area contributed by atoms with Crippen LogP contribution in [0.15, 0.2) is 12.1 Å². The third-order valence-electron chi connectivity index (χ3n) is 5.55. The van der Waals surface area contributed by atoms with Gasteiger partial charge in [0.2, 0.25) is 0 Å². The number of anilines is 1. The minimum Gasteiger partial charge on any atom is -0.494 e. The van der Waals surface area contributed by atoms with Gasteiger partial charge in [-0.05, 0) is 64.9 Å². The van der Waals surface area contributed by atoms with Gasteiger partial charge in [-0.15, -0.1) is 11.3 Å². The van der Waals surface area contributed by atoms with Crippen molar-refractivity contribution >= 4 is 33.3 Å². The first-order valence-corrected chi connectivity index (χ1v) is 12.2. The molecule has 0 atom stereocenters. The second-order valence-electron chi connectivity index (χ2n) is 9.35. The summed E-state index contributed by atoms with van der Waals surface area (Å²) in [4.78, 5) is 17.1. The predicted octanol–water partition coefficient (Wildman–Crippen LogP) is 6.74. The second-order valence-corrected chi connectivity index (χ2v) is 10.4. The first-order valence-electron chi connectivity index (χ1n) is 11.3. The SMILES string of the molecule is CCCCOCC1CCC(c2nc3cc(OC)c(NC(=O)OC(C)(C)C)cc3s2)CC1. The summed E-state index contributed by atoms with van der Waals surface area (Å²) in [6, 6.07) is 3.84. The van der Waals surface area contributed by atoms with Crippen LogP contribution in [0.5, 0.6) is 5.75 Å². The molecule has 7 heteroatoms. The summed E-state index contributed by atoms with van der Waals surface area (Å²) in [6.45, 7) is 9.50. The van der Waals surface area contributed by atoms with Crippen LogP contribution in [-0.2, 0) is 9.47 Å². The van der Waals surface area contributed by atoms with Crippen molar-refractivity contribution in [1.29, 1.82) is 0 Å². The number of amides is 1. The highest BCUT2D eigenvalue weighted by atomic mass is 32.1. The highest BCUT2D eigenvalue weighted by Gasteiger charge is 2.25. The Labute approximate surface area is 189 Å². The Hall–Kier alpha value is -1.86. The Kier molecular flexibility index (Phi) is 8.17. The lowest BCUT2D eigenvalue weighted by molar-refractivity contribution is 0.0635. The molecule has 6 nitrogen and oxygen atoms in total. The molecule has 1 aliphatic rings. The van der Waals surface area contributed by atoms with Gasteiger partial charge < -0.3 is 14.2 Å². The van der Waals surface area contributed by atoms with E-state index >= 15 is 0 Å². The third kappa shape index (κ3) is 6.81. The zero-order chi connectivity index (χ0) is 22.4. The summed E-state index contributed by atoms with van der Waals surface area (Å²) in [7, 11) is 1.60. The van der Waals surface area contributed by atoms with Gasteiger partial charge in [-0.25, -0.2) is 9.78 Å². The van der Waals surface area contributed by atoms with E-state index in [1.165, 1.54) is 24.3 Å². The molecule has 0 aliphatic heterocycles. The molecule has 1 fully saturated rings. The smallest absolute Gasteiger partial charge is 0.412 e. The molecule has 3 rings (SSSR count). The van der Waals surface area contributed by atoms with E-state index in [9.17, 15) is 4.79 Å². The van der Waals surface area contributed by atoms with E-state index in [0.29, 0.717) is 23.3 Å².